The van der Waals surface area contributed by atoms with Crippen molar-refractivity contribution in [2.45, 2.75) is 38.9 Å². The van der Waals surface area contributed by atoms with E-state index in [1.54, 1.807) is 0 Å². The Morgan fingerprint density at radius 2 is 1.48 bits per heavy atom. The third-order valence-corrected chi connectivity index (χ3v) is 5.15. The van der Waals surface area contributed by atoms with Crippen molar-refractivity contribution in [2.75, 3.05) is 0 Å². The summed E-state index contributed by atoms with van der Waals surface area (Å²) in [6.07, 6.45) is 1.84. The predicted molar refractivity (Wildman–Crippen MR) is 95.0 cm³/mol. The van der Waals surface area contributed by atoms with Crippen LogP contribution < -0.4 is 5.46 Å². The lowest BCUT2D eigenvalue weighted by Gasteiger charge is -2.32. The van der Waals surface area contributed by atoms with Crippen molar-refractivity contribution >= 4 is 34.3 Å². The molecule has 0 atom stereocenters. The van der Waals surface area contributed by atoms with Crippen LogP contribution >= 0.6 is 0 Å². The molecular formula is C19H20BNO2. The Hall–Kier alpha value is -1.91. The molecule has 2 aromatic carbocycles. The Morgan fingerprint density at radius 1 is 0.826 bits per heavy atom. The zero-order chi connectivity index (χ0) is 16.2. The summed E-state index contributed by atoms with van der Waals surface area (Å²) in [4.78, 5) is 4.60. The monoisotopic (exact) mass is 305 g/mol. The largest absolute Gasteiger partial charge is 0.495 e. The fourth-order valence-corrected chi connectivity index (χ4v) is 3.11. The second kappa shape index (κ2) is 4.79. The summed E-state index contributed by atoms with van der Waals surface area (Å²) in [6.45, 7) is 8.31. The molecule has 1 aromatic heterocycles. The molecule has 2 heterocycles. The lowest BCUT2D eigenvalue weighted by molar-refractivity contribution is 0.00578. The molecule has 0 saturated carbocycles. The van der Waals surface area contributed by atoms with Crippen LogP contribution in [-0.2, 0) is 9.31 Å². The standard InChI is InChI=1S/C19H20BNO2/c1-18(2)19(3,4)23-20(22-18)15-9-5-7-13-10-11-14-8-6-12-21-17(14)16(13)15/h5-12H,1-4H3. The van der Waals surface area contributed by atoms with E-state index in [9.17, 15) is 0 Å². The van der Waals surface area contributed by atoms with Crippen molar-refractivity contribution in [1.82, 2.24) is 4.98 Å². The minimum atomic E-state index is -0.378. The van der Waals surface area contributed by atoms with Crippen LogP contribution in [0.3, 0.4) is 0 Å². The van der Waals surface area contributed by atoms with E-state index in [1.807, 2.05) is 12.3 Å². The zero-order valence-corrected chi connectivity index (χ0v) is 14.0. The summed E-state index contributed by atoms with van der Waals surface area (Å²) in [7, 11) is -0.378. The minimum absolute atomic E-state index is 0.349. The summed E-state index contributed by atoms with van der Waals surface area (Å²) >= 11 is 0. The molecule has 1 saturated heterocycles. The van der Waals surface area contributed by atoms with Gasteiger partial charge in [0.15, 0.2) is 0 Å². The molecule has 0 unspecified atom stereocenters. The first-order chi connectivity index (χ1) is 10.9. The van der Waals surface area contributed by atoms with Crippen LogP contribution in [0, 0.1) is 0 Å². The van der Waals surface area contributed by atoms with Gasteiger partial charge in [-0.15, -0.1) is 0 Å². The highest BCUT2D eigenvalue weighted by molar-refractivity contribution is 6.66. The Labute approximate surface area is 136 Å². The number of rotatable bonds is 1. The molecule has 0 amide bonds. The molecule has 23 heavy (non-hydrogen) atoms. The molecule has 3 nitrogen and oxygen atoms in total. The lowest BCUT2D eigenvalue weighted by Crippen LogP contribution is -2.41. The first-order valence-corrected chi connectivity index (χ1v) is 8.01. The Kier molecular flexibility index (Phi) is 3.06. The van der Waals surface area contributed by atoms with Gasteiger partial charge in [0, 0.05) is 17.0 Å². The number of nitrogens with zero attached hydrogens (tertiary/aromatic N) is 1. The fraction of sp³-hybridized carbons (Fsp3) is 0.316. The van der Waals surface area contributed by atoms with Gasteiger partial charge in [-0.2, -0.15) is 0 Å². The highest BCUT2D eigenvalue weighted by Gasteiger charge is 2.52. The van der Waals surface area contributed by atoms with E-state index in [0.29, 0.717) is 0 Å². The smallest absolute Gasteiger partial charge is 0.399 e. The van der Waals surface area contributed by atoms with Gasteiger partial charge in [-0.05, 0) is 44.6 Å². The minimum Gasteiger partial charge on any atom is -0.399 e. The molecule has 1 aliphatic rings. The first-order valence-electron chi connectivity index (χ1n) is 8.01. The third-order valence-electron chi connectivity index (χ3n) is 5.15. The zero-order valence-electron chi connectivity index (χ0n) is 14.0. The molecular weight excluding hydrogens is 285 g/mol. The van der Waals surface area contributed by atoms with Crippen molar-refractivity contribution in [3.8, 4) is 0 Å². The average Bonchev–Trinajstić information content (AvgIpc) is 2.74. The van der Waals surface area contributed by atoms with Crippen LogP contribution in [0.25, 0.3) is 21.7 Å². The SMILES string of the molecule is CC1(C)OB(c2cccc3ccc4cccnc4c23)OC1(C)C. The van der Waals surface area contributed by atoms with E-state index < -0.39 is 0 Å². The second-order valence-corrected chi connectivity index (χ2v) is 7.17. The maximum atomic E-state index is 6.26. The molecule has 0 spiro atoms. The molecule has 0 N–H and O–H groups in total. The summed E-state index contributed by atoms with van der Waals surface area (Å²) in [5.41, 5.74) is 1.34. The van der Waals surface area contributed by atoms with E-state index >= 15 is 0 Å². The van der Waals surface area contributed by atoms with Crippen molar-refractivity contribution in [1.29, 1.82) is 0 Å². The Morgan fingerprint density at radius 3 is 2.22 bits per heavy atom. The molecule has 1 aliphatic heterocycles. The van der Waals surface area contributed by atoms with Gasteiger partial charge >= 0.3 is 7.12 Å². The summed E-state index contributed by atoms with van der Waals surface area (Å²) in [5, 5.41) is 3.40. The number of hydrogen-bond acceptors (Lipinski definition) is 3. The number of fused-ring (bicyclic) bond motifs is 3. The lowest BCUT2D eigenvalue weighted by atomic mass is 9.75. The Bertz CT molecular complexity index is 888. The van der Waals surface area contributed by atoms with Crippen molar-refractivity contribution in [3.05, 3.63) is 48.7 Å². The number of aromatic nitrogens is 1. The molecule has 1 fully saturated rings. The van der Waals surface area contributed by atoms with E-state index in [1.165, 1.54) is 0 Å². The summed E-state index contributed by atoms with van der Waals surface area (Å²) in [6, 6.07) is 14.5. The molecule has 0 aliphatic carbocycles. The van der Waals surface area contributed by atoms with Gasteiger partial charge in [0.05, 0.1) is 16.7 Å². The molecule has 4 rings (SSSR count). The predicted octanol–water partition coefficient (Wildman–Crippen LogP) is 3.69. The van der Waals surface area contributed by atoms with E-state index in [4.69, 9.17) is 9.31 Å². The molecule has 0 radical (unpaired) electrons. The van der Waals surface area contributed by atoms with E-state index in [2.05, 4.69) is 69.1 Å². The normalized spacial score (nSPS) is 19.6. The molecule has 116 valence electrons. The summed E-state index contributed by atoms with van der Waals surface area (Å²) in [5.74, 6) is 0. The van der Waals surface area contributed by atoms with Crippen LogP contribution in [0.15, 0.2) is 48.7 Å². The third kappa shape index (κ3) is 2.17. The van der Waals surface area contributed by atoms with Gasteiger partial charge in [-0.1, -0.05) is 36.4 Å². The fourth-order valence-electron chi connectivity index (χ4n) is 3.11. The maximum Gasteiger partial charge on any atom is 0.495 e. The van der Waals surface area contributed by atoms with Crippen molar-refractivity contribution in [2.24, 2.45) is 0 Å². The highest BCUT2D eigenvalue weighted by atomic mass is 16.7. The van der Waals surface area contributed by atoms with Gasteiger partial charge in [-0.3, -0.25) is 4.98 Å². The number of hydrogen-bond donors (Lipinski definition) is 0. The van der Waals surface area contributed by atoms with Crippen LogP contribution in [0.2, 0.25) is 0 Å². The number of benzene rings is 2. The Balaban J connectivity index is 1.96. The van der Waals surface area contributed by atoms with Gasteiger partial charge in [0.25, 0.3) is 0 Å². The highest BCUT2D eigenvalue weighted by Crippen LogP contribution is 2.37. The van der Waals surface area contributed by atoms with Gasteiger partial charge in [0.1, 0.15) is 0 Å². The van der Waals surface area contributed by atoms with Crippen LogP contribution in [0.5, 0.6) is 0 Å². The quantitative estimate of drug-likeness (QED) is 0.507. The second-order valence-electron chi connectivity index (χ2n) is 7.17. The topological polar surface area (TPSA) is 31.4 Å². The van der Waals surface area contributed by atoms with Crippen LogP contribution in [-0.4, -0.2) is 23.3 Å². The molecule has 0 bridgehead atoms. The van der Waals surface area contributed by atoms with Crippen LogP contribution in [0.4, 0.5) is 0 Å². The van der Waals surface area contributed by atoms with E-state index in [-0.39, 0.29) is 18.3 Å². The first kappa shape index (κ1) is 14.7. The molecule has 3 aromatic rings. The van der Waals surface area contributed by atoms with Gasteiger partial charge < -0.3 is 9.31 Å². The van der Waals surface area contributed by atoms with Crippen LogP contribution in [0.1, 0.15) is 27.7 Å². The maximum absolute atomic E-state index is 6.26. The van der Waals surface area contributed by atoms with Crippen molar-refractivity contribution in [3.63, 3.8) is 0 Å². The van der Waals surface area contributed by atoms with Gasteiger partial charge in [0.2, 0.25) is 0 Å². The van der Waals surface area contributed by atoms with Crippen molar-refractivity contribution < 1.29 is 9.31 Å². The number of pyridine rings is 1. The summed E-state index contributed by atoms with van der Waals surface area (Å²) < 4.78 is 12.5. The molecule has 4 heteroatoms. The average molecular weight is 305 g/mol. The van der Waals surface area contributed by atoms with E-state index in [0.717, 1.165) is 27.1 Å². The van der Waals surface area contributed by atoms with Gasteiger partial charge in [-0.25, -0.2) is 0 Å².